The van der Waals surface area contributed by atoms with E-state index in [1.165, 1.54) is 0 Å². The molecule has 0 aliphatic rings. The summed E-state index contributed by atoms with van der Waals surface area (Å²) in [4.78, 5) is 17.2. The van der Waals surface area contributed by atoms with Crippen LogP contribution in [0.2, 0.25) is 0 Å². The summed E-state index contributed by atoms with van der Waals surface area (Å²) >= 11 is 0. The molecule has 0 radical (unpaired) electrons. The van der Waals surface area contributed by atoms with Gasteiger partial charge in [0.25, 0.3) is 0 Å². The summed E-state index contributed by atoms with van der Waals surface area (Å²) in [6, 6.07) is 35.9. The van der Waals surface area contributed by atoms with E-state index in [4.69, 9.17) is 23.1 Å². The molecule has 3 heterocycles. The monoisotopic (exact) mass is 589 g/mol. The molecule has 0 N–H and O–H groups in total. The van der Waals surface area contributed by atoms with Crippen molar-refractivity contribution < 1.29 is 0 Å². The lowest BCUT2D eigenvalue weighted by Crippen LogP contribution is -2.06. The summed E-state index contributed by atoms with van der Waals surface area (Å²) in [5.41, 5.74) is 8.86. The molecule has 0 aliphatic heterocycles. The largest absolute Gasteiger partial charge is 0.310 e. The summed E-state index contributed by atoms with van der Waals surface area (Å²) in [5.74, 6) is 0.535. The van der Waals surface area contributed by atoms with Crippen LogP contribution in [0.3, 0.4) is 0 Å². The van der Waals surface area contributed by atoms with Crippen molar-refractivity contribution in [3.8, 4) is 28.8 Å². The van der Waals surface area contributed by atoms with Crippen molar-refractivity contribution in [2.75, 3.05) is 0 Å². The van der Waals surface area contributed by atoms with Crippen LogP contribution in [-0.2, 0) is 0 Å². The number of aromatic nitrogens is 4. The summed E-state index contributed by atoms with van der Waals surface area (Å²) in [6.07, 6.45) is 0. The maximum absolute atomic E-state index is 10.8. The summed E-state index contributed by atoms with van der Waals surface area (Å²) in [6.45, 7) is 19.3. The number of hydrogen-bond donors (Lipinski definition) is 0. The molecule has 0 aliphatic carbocycles. The fourth-order valence-electron chi connectivity index (χ4n) is 6.64. The molecule has 214 valence electrons. The molecule has 0 amide bonds. The van der Waals surface area contributed by atoms with E-state index in [2.05, 4.69) is 43.1 Å². The zero-order valence-electron chi connectivity index (χ0n) is 24.9. The Labute approximate surface area is 264 Å². The van der Waals surface area contributed by atoms with E-state index in [-0.39, 0.29) is 0 Å². The Hall–Kier alpha value is -6.75. The lowest BCUT2D eigenvalue weighted by Gasteiger charge is -2.18. The maximum atomic E-state index is 10.8. The number of para-hydroxylation sites is 2. The Balaban J connectivity index is 1.56. The van der Waals surface area contributed by atoms with Gasteiger partial charge in [-0.2, -0.15) is 5.26 Å². The highest BCUT2D eigenvalue weighted by Crippen LogP contribution is 2.41. The van der Waals surface area contributed by atoms with Gasteiger partial charge in [0.2, 0.25) is 0 Å². The molecule has 7 heteroatoms. The smallest absolute Gasteiger partial charge is 0.189 e. The van der Waals surface area contributed by atoms with E-state index >= 15 is 0 Å². The minimum Gasteiger partial charge on any atom is -0.310 e. The van der Waals surface area contributed by atoms with Gasteiger partial charge in [0.1, 0.15) is 6.07 Å². The fourth-order valence-corrected chi connectivity index (χ4v) is 6.64. The quantitative estimate of drug-likeness (QED) is 0.193. The molecule has 7 nitrogen and oxygen atoms in total. The third-order valence-corrected chi connectivity index (χ3v) is 8.51. The van der Waals surface area contributed by atoms with Crippen LogP contribution < -0.4 is 0 Å². The molecule has 0 saturated heterocycles. The van der Waals surface area contributed by atoms with Crippen LogP contribution in [0.25, 0.3) is 76.1 Å². The first-order valence-electron chi connectivity index (χ1n) is 14.7. The van der Waals surface area contributed by atoms with Crippen molar-refractivity contribution in [2.24, 2.45) is 0 Å². The molecule has 0 spiro atoms. The van der Waals surface area contributed by atoms with Crippen LogP contribution in [0.15, 0.2) is 103 Å². The molecule has 3 aromatic heterocycles. The maximum Gasteiger partial charge on any atom is 0.189 e. The van der Waals surface area contributed by atoms with Crippen LogP contribution in [0.4, 0.5) is 11.4 Å². The Kier molecular flexibility index (Phi) is 5.93. The van der Waals surface area contributed by atoms with Gasteiger partial charge >= 0.3 is 0 Å². The minimum atomic E-state index is 0.450. The number of fused-ring (bicyclic) bond motifs is 6. The van der Waals surface area contributed by atoms with Gasteiger partial charge in [0, 0.05) is 49.5 Å². The van der Waals surface area contributed by atoms with Gasteiger partial charge in [0.15, 0.2) is 17.2 Å². The summed E-state index contributed by atoms with van der Waals surface area (Å²) < 4.78 is 4.18. The van der Waals surface area contributed by atoms with Gasteiger partial charge in [-0.15, -0.1) is 0 Å². The molecule has 5 aromatic carbocycles. The first-order valence-corrected chi connectivity index (χ1v) is 14.7. The van der Waals surface area contributed by atoms with Gasteiger partial charge in [-0.1, -0.05) is 60.7 Å². The summed E-state index contributed by atoms with van der Waals surface area (Å²) in [5, 5.41) is 14.8. The van der Waals surface area contributed by atoms with E-state index in [1.54, 1.807) is 0 Å². The molecule has 8 rings (SSSR count). The van der Waals surface area contributed by atoms with Crippen LogP contribution in [0, 0.1) is 38.3 Å². The predicted octanol–water partition coefficient (Wildman–Crippen LogP) is 9.93. The topological polar surface area (TPSA) is 68.2 Å². The van der Waals surface area contributed by atoms with E-state index < -0.39 is 0 Å². The first-order chi connectivity index (χ1) is 22.5. The second kappa shape index (κ2) is 10.2. The molecule has 0 bridgehead atoms. The van der Waals surface area contributed by atoms with Gasteiger partial charge in [0.05, 0.1) is 41.1 Å². The standard InChI is InChI=1S/C39H23N7/c1-23-17-24(2)44-39(43-23)32-21-35(45-33-11-7-5-9-28(33)30-15-13-26(41-3)19-37(30)45)25(22-40)18-36(32)46-34-12-8-6-10-29(34)31-16-14-27(42-4)20-38(31)46/h5-21H,1-2H3. The van der Waals surface area contributed by atoms with Crippen molar-refractivity contribution in [3.05, 3.63) is 143 Å². The predicted molar refractivity (Wildman–Crippen MR) is 183 cm³/mol. The zero-order chi connectivity index (χ0) is 31.5. The second-order valence-electron chi connectivity index (χ2n) is 11.3. The van der Waals surface area contributed by atoms with E-state index in [9.17, 15) is 5.26 Å². The minimum absolute atomic E-state index is 0.450. The molecule has 0 atom stereocenters. The van der Waals surface area contributed by atoms with Crippen molar-refractivity contribution in [1.82, 2.24) is 19.1 Å². The Morgan fingerprint density at radius 1 is 0.587 bits per heavy atom. The number of nitrogens with zero attached hydrogens (tertiary/aromatic N) is 7. The fraction of sp³-hybridized carbons (Fsp3) is 0.0513. The normalized spacial score (nSPS) is 11.2. The van der Waals surface area contributed by atoms with Crippen molar-refractivity contribution in [1.29, 1.82) is 5.26 Å². The third-order valence-electron chi connectivity index (χ3n) is 8.51. The Morgan fingerprint density at radius 2 is 1.09 bits per heavy atom. The third kappa shape index (κ3) is 3.95. The molecular weight excluding hydrogens is 566 g/mol. The van der Waals surface area contributed by atoms with Crippen LogP contribution in [-0.4, -0.2) is 19.1 Å². The van der Waals surface area contributed by atoms with Gasteiger partial charge in [-0.3, -0.25) is 0 Å². The van der Waals surface area contributed by atoms with Crippen molar-refractivity contribution >= 4 is 55.0 Å². The van der Waals surface area contributed by atoms with Gasteiger partial charge < -0.3 is 9.13 Å². The number of nitriles is 1. The van der Waals surface area contributed by atoms with E-state index in [1.807, 2.05) is 98.8 Å². The molecule has 0 fully saturated rings. The Bertz CT molecular complexity index is 2690. The highest BCUT2D eigenvalue weighted by atomic mass is 15.0. The van der Waals surface area contributed by atoms with Crippen LogP contribution >= 0.6 is 0 Å². The van der Waals surface area contributed by atoms with Crippen molar-refractivity contribution in [2.45, 2.75) is 13.8 Å². The first kappa shape index (κ1) is 26.8. The Morgan fingerprint density at radius 3 is 1.61 bits per heavy atom. The van der Waals surface area contributed by atoms with Gasteiger partial charge in [-0.05, 0) is 56.3 Å². The molecule has 0 saturated carbocycles. The number of benzene rings is 5. The van der Waals surface area contributed by atoms with Crippen LogP contribution in [0.5, 0.6) is 0 Å². The molecule has 8 aromatic rings. The molecular formula is C39H23N7. The molecule has 0 unspecified atom stereocenters. The summed E-state index contributed by atoms with van der Waals surface area (Å²) in [7, 11) is 0. The highest BCUT2D eigenvalue weighted by molar-refractivity contribution is 6.12. The van der Waals surface area contributed by atoms with E-state index in [0.717, 1.165) is 66.3 Å². The van der Waals surface area contributed by atoms with E-state index in [0.29, 0.717) is 28.5 Å². The van der Waals surface area contributed by atoms with Crippen LogP contribution in [0.1, 0.15) is 17.0 Å². The average Bonchev–Trinajstić information content (AvgIpc) is 3.59. The highest BCUT2D eigenvalue weighted by Gasteiger charge is 2.23. The molecule has 46 heavy (non-hydrogen) atoms. The lowest BCUT2D eigenvalue weighted by molar-refractivity contribution is 1.05. The van der Waals surface area contributed by atoms with Gasteiger partial charge in [-0.25, -0.2) is 19.7 Å². The number of hydrogen-bond acceptors (Lipinski definition) is 3. The average molecular weight is 590 g/mol. The zero-order valence-corrected chi connectivity index (χ0v) is 24.9. The second-order valence-corrected chi connectivity index (χ2v) is 11.3. The number of aryl methyl sites for hydroxylation is 2. The SMILES string of the molecule is [C-]#[N+]c1ccc2c3ccccc3n(-c3cc(-c4nc(C)cc(C)n4)c(-n4c5ccccc5c5ccc([N+]#[C-])cc54)cc3C#N)c2c1. The van der Waals surface area contributed by atoms with Crippen molar-refractivity contribution in [3.63, 3.8) is 0 Å². The lowest BCUT2D eigenvalue weighted by atomic mass is 10.0. The number of rotatable bonds is 3.